The summed E-state index contributed by atoms with van der Waals surface area (Å²) in [4.78, 5) is 0. The molecule has 3 saturated carbocycles. The van der Waals surface area contributed by atoms with Gasteiger partial charge in [0.25, 0.3) is 0 Å². The largest absolute Gasteiger partial charge is 0.394 e. The molecular weight excluding hydrogens is 588 g/mol. The molecule has 6 aliphatic rings. The predicted octanol–water partition coefficient (Wildman–Crippen LogP) is 4.09. The van der Waals surface area contributed by atoms with E-state index in [9.17, 15) is 25.5 Å². The number of aliphatic hydroxyl groups excluding tert-OH is 5. The summed E-state index contributed by atoms with van der Waals surface area (Å²) < 4.78 is 25.7. The number of rotatable bonds is 8. The molecule has 262 valence electrons. The van der Waals surface area contributed by atoms with Gasteiger partial charge in [-0.3, -0.25) is 0 Å². The lowest BCUT2D eigenvalue weighted by Crippen LogP contribution is -2.66. The van der Waals surface area contributed by atoms with Crippen molar-refractivity contribution in [2.75, 3.05) is 13.7 Å². The molecule has 0 amide bonds. The Morgan fingerprint density at radius 2 is 1.70 bits per heavy atom. The number of allylic oxidation sites excluding steroid dienone is 2. The van der Waals surface area contributed by atoms with Crippen LogP contribution in [0.5, 0.6) is 0 Å². The third-order valence-corrected chi connectivity index (χ3v) is 14.6. The fraction of sp³-hybridized carbons (Fsp3) is 0.892. The van der Waals surface area contributed by atoms with Crippen LogP contribution in [0.2, 0.25) is 0 Å². The van der Waals surface area contributed by atoms with Gasteiger partial charge in [-0.25, -0.2) is 0 Å². The first-order valence-electron chi connectivity index (χ1n) is 17.7. The van der Waals surface area contributed by atoms with E-state index in [2.05, 4.69) is 46.8 Å². The van der Waals surface area contributed by atoms with Gasteiger partial charge in [0.15, 0.2) is 12.6 Å². The zero-order valence-electron chi connectivity index (χ0n) is 29.2. The second-order valence-electron chi connectivity index (χ2n) is 17.1. The molecule has 4 aliphatic carbocycles. The van der Waals surface area contributed by atoms with Gasteiger partial charge in [0.2, 0.25) is 0 Å². The molecule has 0 unspecified atom stereocenters. The second kappa shape index (κ2) is 11.9. The molecule has 0 aromatic rings. The van der Waals surface area contributed by atoms with E-state index in [1.807, 2.05) is 19.9 Å². The van der Waals surface area contributed by atoms with Crippen LogP contribution in [0.15, 0.2) is 23.8 Å². The van der Waals surface area contributed by atoms with Crippen LogP contribution in [-0.2, 0) is 18.9 Å². The highest BCUT2D eigenvalue weighted by Gasteiger charge is 2.78. The van der Waals surface area contributed by atoms with Crippen LogP contribution in [0.4, 0.5) is 0 Å². The number of fused-ring (bicyclic) bond motifs is 2. The molecule has 0 aromatic heterocycles. The molecule has 2 aliphatic heterocycles. The Morgan fingerprint density at radius 3 is 2.35 bits per heavy atom. The summed E-state index contributed by atoms with van der Waals surface area (Å²) in [5.41, 5.74) is -0.0791. The fourth-order valence-corrected chi connectivity index (χ4v) is 12.1. The summed E-state index contributed by atoms with van der Waals surface area (Å²) >= 11 is 0. The van der Waals surface area contributed by atoms with Crippen molar-refractivity contribution in [2.45, 2.75) is 148 Å². The van der Waals surface area contributed by atoms with Crippen molar-refractivity contribution in [2.24, 2.45) is 45.3 Å². The van der Waals surface area contributed by atoms with Crippen LogP contribution in [0.1, 0.15) is 93.4 Å². The quantitative estimate of drug-likeness (QED) is 0.247. The van der Waals surface area contributed by atoms with E-state index in [-0.39, 0.29) is 40.5 Å². The average molecular weight is 649 g/mol. The van der Waals surface area contributed by atoms with Gasteiger partial charge in [0, 0.05) is 23.9 Å². The van der Waals surface area contributed by atoms with Gasteiger partial charge in [-0.2, -0.15) is 0 Å². The van der Waals surface area contributed by atoms with Crippen molar-refractivity contribution in [3.8, 4) is 0 Å². The van der Waals surface area contributed by atoms with Crippen LogP contribution < -0.4 is 0 Å². The highest BCUT2D eigenvalue weighted by atomic mass is 16.7. The molecule has 0 aromatic carbocycles. The number of hydrogen-bond acceptors (Lipinski definition) is 9. The predicted molar refractivity (Wildman–Crippen MR) is 172 cm³/mol. The Labute approximate surface area is 275 Å². The molecule has 5 N–H and O–H groups in total. The average Bonchev–Trinajstić information content (AvgIpc) is 3.37. The Kier molecular flexibility index (Phi) is 9.02. The standard InChI is InChI=1S/C37H60O9/c1-20(2)17-22(39)18-21(3)23-11-13-35(7)25-12-14-37-26(36(25,32(43-8)46-37)16-15-34(23,35)6)9-10-27(33(37,4)5)45-31-30(42)29(41)28(40)24(19-38)44-31/h12,14,17,21-32,38-42H,9-11,13,15-16,18-19H2,1-8H3/t21-,22+,23-,24-,25+,26+,27+,28-,29-,30-,31+,32+,34-,35+,36+,37-/m1/s1. The number of hydrogen-bond donors (Lipinski definition) is 5. The molecule has 1 spiro atoms. The van der Waals surface area contributed by atoms with E-state index in [0.29, 0.717) is 18.3 Å². The minimum absolute atomic E-state index is 0.0482. The summed E-state index contributed by atoms with van der Waals surface area (Å²) in [5, 5.41) is 52.0. The smallest absolute Gasteiger partial charge is 0.186 e. The maximum absolute atomic E-state index is 10.8. The summed E-state index contributed by atoms with van der Waals surface area (Å²) in [7, 11) is 1.77. The zero-order chi connectivity index (χ0) is 33.6. The van der Waals surface area contributed by atoms with E-state index in [1.165, 1.54) is 0 Å². The van der Waals surface area contributed by atoms with Crippen molar-refractivity contribution in [1.29, 1.82) is 0 Å². The van der Waals surface area contributed by atoms with Crippen LogP contribution in [0.25, 0.3) is 0 Å². The molecule has 16 atom stereocenters. The van der Waals surface area contributed by atoms with Crippen LogP contribution >= 0.6 is 0 Å². The van der Waals surface area contributed by atoms with Crippen molar-refractivity contribution in [3.63, 3.8) is 0 Å². The molecule has 2 heterocycles. The number of methoxy groups -OCH3 is 1. The topological polar surface area (TPSA) is 138 Å². The van der Waals surface area contributed by atoms with Gasteiger partial charge in [-0.15, -0.1) is 0 Å². The van der Waals surface area contributed by atoms with Crippen molar-refractivity contribution in [3.05, 3.63) is 23.8 Å². The first-order chi connectivity index (χ1) is 21.5. The maximum atomic E-state index is 10.8. The number of aliphatic hydroxyl groups is 5. The van der Waals surface area contributed by atoms with Gasteiger partial charge < -0.3 is 44.5 Å². The lowest BCUT2D eigenvalue weighted by atomic mass is 9.38. The van der Waals surface area contributed by atoms with Crippen molar-refractivity contribution in [1.82, 2.24) is 0 Å². The first-order valence-corrected chi connectivity index (χ1v) is 17.7. The highest BCUT2D eigenvalue weighted by Crippen LogP contribution is 2.79. The molecule has 46 heavy (non-hydrogen) atoms. The Bertz CT molecular complexity index is 1200. The summed E-state index contributed by atoms with van der Waals surface area (Å²) in [6.45, 7) is 15.3. The third kappa shape index (κ3) is 4.66. The Morgan fingerprint density at radius 1 is 0.978 bits per heavy atom. The molecule has 5 fully saturated rings. The molecule has 0 radical (unpaired) electrons. The highest BCUT2D eigenvalue weighted by molar-refractivity contribution is 5.34. The maximum Gasteiger partial charge on any atom is 0.186 e. The van der Waals surface area contributed by atoms with E-state index >= 15 is 0 Å². The molecule has 2 bridgehead atoms. The van der Waals surface area contributed by atoms with E-state index in [0.717, 1.165) is 44.1 Å². The van der Waals surface area contributed by atoms with Crippen LogP contribution in [-0.4, -0.2) is 94.1 Å². The van der Waals surface area contributed by atoms with Crippen molar-refractivity contribution < 1.29 is 44.5 Å². The Hall–Kier alpha value is -0.880. The van der Waals surface area contributed by atoms with E-state index < -0.39 is 54.4 Å². The van der Waals surface area contributed by atoms with E-state index in [1.54, 1.807) is 7.11 Å². The number of ether oxygens (including phenoxy) is 4. The molecule has 2 saturated heterocycles. The fourth-order valence-electron chi connectivity index (χ4n) is 12.1. The minimum Gasteiger partial charge on any atom is -0.394 e. The monoisotopic (exact) mass is 648 g/mol. The van der Waals surface area contributed by atoms with Crippen LogP contribution in [0.3, 0.4) is 0 Å². The summed E-state index contributed by atoms with van der Waals surface area (Å²) in [6.07, 6.45) is 5.75. The lowest BCUT2D eigenvalue weighted by Gasteiger charge is -2.65. The van der Waals surface area contributed by atoms with Gasteiger partial charge in [-0.1, -0.05) is 58.4 Å². The SMILES string of the molecule is CO[C@H]1O[C@]23C=C[C@@H]4[C@@]1(CC[C@]1(C)[C@@H]([C@H](C)C[C@@H](O)C=C(C)C)CC[C@@]41C)[C@@H]2CC[C@H](O[C@@H]1O[C@H](CO)[C@@H](O)[C@@H](O)[C@H]1O)C3(C)C. The zero-order valence-corrected chi connectivity index (χ0v) is 29.2. The normalized spacial score (nSPS) is 51.9. The van der Waals surface area contributed by atoms with Gasteiger partial charge >= 0.3 is 0 Å². The second-order valence-corrected chi connectivity index (χ2v) is 17.1. The molecule has 6 rings (SSSR count). The van der Waals surface area contributed by atoms with E-state index in [4.69, 9.17) is 18.9 Å². The third-order valence-electron chi connectivity index (χ3n) is 14.6. The van der Waals surface area contributed by atoms with Crippen molar-refractivity contribution >= 4 is 0 Å². The minimum atomic E-state index is -1.49. The molecular formula is C37H60O9. The van der Waals surface area contributed by atoms with Gasteiger partial charge in [0.05, 0.1) is 18.8 Å². The summed E-state index contributed by atoms with van der Waals surface area (Å²) in [5.74, 6) is 1.42. The van der Waals surface area contributed by atoms with Gasteiger partial charge in [-0.05, 0) is 87.4 Å². The lowest BCUT2D eigenvalue weighted by molar-refractivity contribution is -0.331. The molecule has 9 nitrogen and oxygen atoms in total. The Balaban J connectivity index is 1.30. The first kappa shape index (κ1) is 35.0. The van der Waals surface area contributed by atoms with Crippen LogP contribution in [0, 0.1) is 45.3 Å². The van der Waals surface area contributed by atoms with Gasteiger partial charge in [0.1, 0.15) is 30.0 Å². The molecule has 9 heteroatoms. The summed E-state index contributed by atoms with van der Waals surface area (Å²) in [6, 6.07) is 0.